The van der Waals surface area contributed by atoms with Gasteiger partial charge in [-0.05, 0) is 66.1 Å². The maximum Gasteiger partial charge on any atom is 0.251 e. The molecule has 0 unspecified atom stereocenters. The van der Waals surface area contributed by atoms with Crippen molar-refractivity contribution in [2.45, 2.75) is 26.8 Å². The number of hydrogen-bond donors (Lipinski definition) is 1. The van der Waals surface area contributed by atoms with Gasteiger partial charge in [0.15, 0.2) is 0 Å². The lowest BCUT2D eigenvalue weighted by molar-refractivity contribution is -0.114. The van der Waals surface area contributed by atoms with Crippen LogP contribution in [0.3, 0.4) is 0 Å². The minimum atomic E-state index is -0.182. The van der Waals surface area contributed by atoms with E-state index in [-0.39, 0.29) is 18.5 Å². The lowest BCUT2D eigenvalue weighted by Gasteiger charge is -2.32. The van der Waals surface area contributed by atoms with E-state index >= 15 is 0 Å². The number of fused-ring (bicyclic) bond motifs is 1. The zero-order valence-electron chi connectivity index (χ0n) is 19.4. The average molecular weight is 451 g/mol. The first-order valence-electron chi connectivity index (χ1n) is 11.3. The molecule has 1 aliphatic heterocycles. The van der Waals surface area contributed by atoms with Crippen LogP contribution in [0.5, 0.6) is 0 Å². The first-order valence-corrected chi connectivity index (χ1v) is 11.3. The van der Waals surface area contributed by atoms with Gasteiger partial charge in [0.05, 0.1) is 5.70 Å². The van der Waals surface area contributed by atoms with Crippen molar-refractivity contribution in [1.82, 2.24) is 20.2 Å². The van der Waals surface area contributed by atoms with Crippen LogP contribution in [0.1, 0.15) is 33.9 Å². The van der Waals surface area contributed by atoms with Gasteiger partial charge in [-0.3, -0.25) is 9.69 Å². The van der Waals surface area contributed by atoms with Crippen LogP contribution in [0.25, 0.3) is 5.70 Å². The number of amides is 1. The van der Waals surface area contributed by atoms with Gasteiger partial charge in [-0.1, -0.05) is 76.9 Å². The molecule has 170 valence electrons. The molecule has 0 spiro atoms. The van der Waals surface area contributed by atoms with Gasteiger partial charge in [0.25, 0.3) is 5.95 Å². The van der Waals surface area contributed by atoms with E-state index < -0.39 is 0 Å². The Kier molecular flexibility index (Phi) is 5.67. The summed E-state index contributed by atoms with van der Waals surface area (Å²) in [6.45, 7) is 6.20. The zero-order valence-corrected chi connectivity index (χ0v) is 19.4. The molecule has 7 nitrogen and oxygen atoms in total. The highest BCUT2D eigenvalue weighted by molar-refractivity contribution is 5.97. The number of nitrogens with zero attached hydrogens (tertiary/aromatic N) is 5. The fraction of sp³-hybridized carbons (Fsp3) is 0.185. The maximum absolute atomic E-state index is 13.1. The Bertz CT molecular complexity index is 1350. The van der Waals surface area contributed by atoms with Crippen molar-refractivity contribution in [2.75, 3.05) is 16.8 Å². The predicted octanol–water partition coefficient (Wildman–Crippen LogP) is 4.69. The molecule has 0 saturated carbocycles. The van der Waals surface area contributed by atoms with E-state index in [0.717, 1.165) is 28.1 Å². The highest BCUT2D eigenvalue weighted by atomic mass is 16.2. The van der Waals surface area contributed by atoms with Crippen LogP contribution in [-0.4, -0.2) is 32.7 Å². The van der Waals surface area contributed by atoms with Crippen molar-refractivity contribution in [3.05, 3.63) is 107 Å². The second-order valence-electron chi connectivity index (χ2n) is 8.70. The summed E-state index contributed by atoms with van der Waals surface area (Å²) in [6.07, 6.45) is 2.12. The number of tetrazole rings is 1. The summed E-state index contributed by atoms with van der Waals surface area (Å²) >= 11 is 0. The summed E-state index contributed by atoms with van der Waals surface area (Å²) in [4.78, 5) is 15.0. The van der Waals surface area contributed by atoms with Gasteiger partial charge in [-0.25, -0.2) is 0 Å². The minimum Gasteiger partial charge on any atom is -0.325 e. The van der Waals surface area contributed by atoms with E-state index in [1.165, 1.54) is 11.1 Å². The molecule has 0 aliphatic carbocycles. The number of carbonyl (C=O) groups excluding carboxylic acids is 1. The van der Waals surface area contributed by atoms with Crippen LogP contribution in [0, 0.1) is 20.8 Å². The summed E-state index contributed by atoms with van der Waals surface area (Å²) in [5.41, 5.74) is 7.18. The Hall–Kier alpha value is -4.26. The quantitative estimate of drug-likeness (QED) is 0.478. The van der Waals surface area contributed by atoms with Crippen LogP contribution in [0.2, 0.25) is 0 Å². The fourth-order valence-corrected chi connectivity index (χ4v) is 4.16. The highest BCUT2D eigenvalue weighted by Crippen LogP contribution is 2.36. The van der Waals surface area contributed by atoms with Crippen molar-refractivity contribution in [2.24, 2.45) is 0 Å². The summed E-state index contributed by atoms with van der Waals surface area (Å²) < 4.78 is 1.77. The molecule has 4 aromatic rings. The summed E-state index contributed by atoms with van der Waals surface area (Å²) in [5.74, 6) is 0.384. The average Bonchev–Trinajstić information content (AvgIpc) is 3.31. The summed E-state index contributed by atoms with van der Waals surface area (Å²) in [7, 11) is 0. The van der Waals surface area contributed by atoms with E-state index in [1.807, 2.05) is 36.1 Å². The Morgan fingerprint density at radius 3 is 2.32 bits per heavy atom. The molecule has 0 bridgehead atoms. The number of aromatic nitrogens is 4. The summed E-state index contributed by atoms with van der Waals surface area (Å²) in [5, 5.41) is 15.5. The van der Waals surface area contributed by atoms with E-state index in [2.05, 4.69) is 89.3 Å². The molecule has 2 heterocycles. The molecule has 5 rings (SSSR count). The second kappa shape index (κ2) is 8.94. The molecule has 0 saturated heterocycles. The van der Waals surface area contributed by atoms with Gasteiger partial charge in [0.2, 0.25) is 5.91 Å². The molecule has 1 atom stereocenters. The number of carbonyl (C=O) groups is 1. The third-order valence-corrected chi connectivity index (χ3v) is 5.96. The SMILES string of the molecule is Cc1ccc(C2=C[C@H](c3ccc(C)cc3)n3nnnc3N2CC(=O)Nc2cccc(C)c2)cc1. The fourth-order valence-electron chi connectivity index (χ4n) is 4.16. The molecular weight excluding hydrogens is 424 g/mol. The number of rotatable bonds is 5. The lowest BCUT2D eigenvalue weighted by Crippen LogP contribution is -2.37. The Balaban J connectivity index is 1.54. The van der Waals surface area contributed by atoms with Crippen molar-refractivity contribution in [3.8, 4) is 0 Å². The third-order valence-electron chi connectivity index (χ3n) is 5.96. The van der Waals surface area contributed by atoms with Crippen molar-refractivity contribution in [1.29, 1.82) is 0 Å². The van der Waals surface area contributed by atoms with E-state index in [9.17, 15) is 4.79 Å². The molecule has 3 aromatic carbocycles. The van der Waals surface area contributed by atoms with E-state index in [4.69, 9.17) is 0 Å². The standard InChI is InChI=1S/C27H26N6O/c1-18-7-11-21(12-8-18)24-16-25(22-13-9-19(2)10-14-22)33-27(29-30-31-33)32(24)17-26(34)28-23-6-4-5-20(3)15-23/h4-16,25H,17H2,1-3H3,(H,28,34)/t25-/m1/s1. The third kappa shape index (κ3) is 4.32. The van der Waals surface area contributed by atoms with E-state index in [0.29, 0.717) is 5.95 Å². The molecule has 0 radical (unpaired) electrons. The second-order valence-corrected chi connectivity index (χ2v) is 8.70. The first-order chi connectivity index (χ1) is 16.5. The van der Waals surface area contributed by atoms with Crippen molar-refractivity contribution >= 4 is 23.2 Å². The smallest absolute Gasteiger partial charge is 0.251 e. The molecule has 1 aliphatic rings. The lowest BCUT2D eigenvalue weighted by atomic mass is 9.99. The number of hydrogen-bond acceptors (Lipinski definition) is 5. The number of benzene rings is 3. The number of nitrogens with one attached hydrogen (secondary N) is 1. The van der Waals surface area contributed by atoms with Gasteiger partial charge >= 0.3 is 0 Å². The first kappa shape index (κ1) is 21.6. The Morgan fingerprint density at radius 2 is 1.62 bits per heavy atom. The van der Waals surface area contributed by atoms with Crippen LogP contribution in [0.4, 0.5) is 11.6 Å². The van der Waals surface area contributed by atoms with Gasteiger partial charge < -0.3 is 5.32 Å². The van der Waals surface area contributed by atoms with Crippen LogP contribution >= 0.6 is 0 Å². The van der Waals surface area contributed by atoms with Gasteiger partial charge in [-0.2, -0.15) is 4.68 Å². The normalized spacial score (nSPS) is 15.0. The summed E-state index contributed by atoms with van der Waals surface area (Å²) in [6, 6.07) is 24.2. The van der Waals surface area contributed by atoms with Crippen LogP contribution in [-0.2, 0) is 4.79 Å². The Labute approximate surface area is 198 Å². The van der Waals surface area contributed by atoms with Crippen LogP contribution < -0.4 is 10.2 Å². The molecule has 34 heavy (non-hydrogen) atoms. The van der Waals surface area contributed by atoms with Gasteiger partial charge in [0, 0.05) is 5.69 Å². The maximum atomic E-state index is 13.1. The largest absolute Gasteiger partial charge is 0.325 e. The predicted molar refractivity (Wildman–Crippen MR) is 133 cm³/mol. The molecular formula is C27H26N6O. The van der Waals surface area contributed by atoms with Gasteiger partial charge in [0.1, 0.15) is 12.6 Å². The van der Waals surface area contributed by atoms with Crippen molar-refractivity contribution in [3.63, 3.8) is 0 Å². The number of aryl methyl sites for hydroxylation is 3. The molecule has 1 amide bonds. The number of allylic oxidation sites excluding steroid dienone is 1. The monoisotopic (exact) mass is 450 g/mol. The van der Waals surface area contributed by atoms with Crippen molar-refractivity contribution < 1.29 is 4.79 Å². The minimum absolute atomic E-state index is 0.0780. The molecule has 7 heteroatoms. The topological polar surface area (TPSA) is 75.9 Å². The number of anilines is 2. The molecule has 0 fully saturated rings. The molecule has 1 aromatic heterocycles. The van der Waals surface area contributed by atoms with Gasteiger partial charge in [-0.15, -0.1) is 0 Å². The zero-order chi connectivity index (χ0) is 23.7. The van der Waals surface area contributed by atoms with Crippen LogP contribution in [0.15, 0.2) is 78.9 Å². The van der Waals surface area contributed by atoms with E-state index in [1.54, 1.807) is 4.68 Å². The molecule has 1 N–H and O–H groups in total. The highest BCUT2D eigenvalue weighted by Gasteiger charge is 2.32. The Morgan fingerprint density at radius 1 is 0.912 bits per heavy atom.